The van der Waals surface area contributed by atoms with Crippen molar-refractivity contribution in [3.8, 4) is 17.3 Å². The van der Waals surface area contributed by atoms with Crippen LogP contribution >= 0.6 is 0 Å². The summed E-state index contributed by atoms with van der Waals surface area (Å²) in [5.41, 5.74) is 2.38. The van der Waals surface area contributed by atoms with Crippen LogP contribution in [0.4, 0.5) is 4.39 Å². The number of ether oxygens (including phenoxy) is 2. The zero-order valence-corrected chi connectivity index (χ0v) is 20.2. The maximum Gasteiger partial charge on any atom is 0.227 e. The molecule has 0 saturated heterocycles. The second-order valence-corrected chi connectivity index (χ2v) is 8.40. The third-order valence-electron chi connectivity index (χ3n) is 5.50. The Kier molecular flexibility index (Phi) is 8.67. The van der Waals surface area contributed by atoms with Gasteiger partial charge in [0, 0.05) is 19.2 Å². The molecule has 0 amide bonds. The number of nitrogens with zero attached hydrogens (tertiary/aromatic N) is 3. The molecule has 0 aliphatic rings. The van der Waals surface area contributed by atoms with Gasteiger partial charge in [-0.05, 0) is 43.3 Å². The lowest BCUT2D eigenvalue weighted by molar-refractivity contribution is 0.0214. The Morgan fingerprint density at radius 1 is 1.14 bits per heavy atom. The van der Waals surface area contributed by atoms with Crippen LogP contribution in [0.2, 0.25) is 0 Å². The highest BCUT2D eigenvalue weighted by Crippen LogP contribution is 2.32. The molecule has 1 atom stereocenters. The molecule has 7 nitrogen and oxygen atoms in total. The van der Waals surface area contributed by atoms with E-state index in [1.165, 1.54) is 12.1 Å². The SMILES string of the molecule is C=CCOCC(O)CN(Cc1ccco1)Cc1c(C)nn(-c2ccccc2)c1Oc1cccc(F)c1. The molecule has 188 valence electrons. The van der Waals surface area contributed by atoms with E-state index in [9.17, 15) is 9.50 Å². The highest BCUT2D eigenvalue weighted by atomic mass is 19.1. The number of aromatic nitrogens is 2. The predicted octanol–water partition coefficient (Wildman–Crippen LogP) is 5.27. The summed E-state index contributed by atoms with van der Waals surface area (Å²) in [4.78, 5) is 2.04. The second kappa shape index (κ2) is 12.3. The summed E-state index contributed by atoms with van der Waals surface area (Å²) in [5.74, 6) is 1.21. The maximum atomic E-state index is 13.9. The summed E-state index contributed by atoms with van der Waals surface area (Å²) < 4.78 is 32.9. The molecule has 2 heterocycles. The lowest BCUT2D eigenvalue weighted by Crippen LogP contribution is -2.34. The number of hydrogen-bond acceptors (Lipinski definition) is 6. The minimum atomic E-state index is -0.725. The Hall–Kier alpha value is -3.72. The Morgan fingerprint density at radius 3 is 2.69 bits per heavy atom. The molecule has 0 saturated carbocycles. The number of rotatable bonds is 13. The van der Waals surface area contributed by atoms with Crippen LogP contribution in [0.3, 0.4) is 0 Å². The van der Waals surface area contributed by atoms with E-state index in [1.54, 1.807) is 29.2 Å². The smallest absolute Gasteiger partial charge is 0.227 e. The molecule has 4 rings (SSSR count). The summed E-state index contributed by atoms with van der Waals surface area (Å²) in [6.07, 6.45) is 2.54. The number of benzene rings is 2. The summed E-state index contributed by atoms with van der Waals surface area (Å²) >= 11 is 0. The van der Waals surface area contributed by atoms with E-state index >= 15 is 0 Å². The van der Waals surface area contributed by atoms with Gasteiger partial charge in [0.2, 0.25) is 5.88 Å². The van der Waals surface area contributed by atoms with Gasteiger partial charge in [-0.3, -0.25) is 4.90 Å². The largest absolute Gasteiger partial charge is 0.468 e. The van der Waals surface area contributed by atoms with E-state index in [4.69, 9.17) is 19.0 Å². The van der Waals surface area contributed by atoms with Crippen molar-refractivity contribution in [1.82, 2.24) is 14.7 Å². The van der Waals surface area contributed by atoms with Crippen molar-refractivity contribution in [3.05, 3.63) is 108 Å². The van der Waals surface area contributed by atoms with Crippen LogP contribution in [0.15, 0.2) is 90.1 Å². The molecule has 0 spiro atoms. The van der Waals surface area contributed by atoms with Crippen LogP contribution in [0.25, 0.3) is 5.69 Å². The zero-order valence-electron chi connectivity index (χ0n) is 20.2. The number of aliphatic hydroxyl groups excluding tert-OH is 1. The zero-order chi connectivity index (χ0) is 25.3. The van der Waals surface area contributed by atoms with Gasteiger partial charge >= 0.3 is 0 Å². The van der Waals surface area contributed by atoms with Crippen LogP contribution in [-0.2, 0) is 17.8 Å². The minimum Gasteiger partial charge on any atom is -0.468 e. The van der Waals surface area contributed by atoms with Gasteiger partial charge in [0.15, 0.2) is 0 Å². The number of aliphatic hydroxyl groups is 1. The summed E-state index contributed by atoms with van der Waals surface area (Å²) in [5, 5.41) is 15.4. The average molecular weight is 492 g/mol. The van der Waals surface area contributed by atoms with Crippen molar-refractivity contribution < 1.29 is 23.4 Å². The van der Waals surface area contributed by atoms with Crippen molar-refractivity contribution >= 4 is 0 Å². The quantitative estimate of drug-likeness (QED) is 0.203. The van der Waals surface area contributed by atoms with E-state index in [0.717, 1.165) is 22.7 Å². The molecule has 0 radical (unpaired) electrons. The molecule has 2 aromatic heterocycles. The predicted molar refractivity (Wildman–Crippen MR) is 135 cm³/mol. The Bertz CT molecular complexity index is 1240. The van der Waals surface area contributed by atoms with Gasteiger partial charge < -0.3 is 19.0 Å². The lowest BCUT2D eigenvalue weighted by Gasteiger charge is -2.24. The maximum absolute atomic E-state index is 13.9. The molecule has 36 heavy (non-hydrogen) atoms. The van der Waals surface area contributed by atoms with Crippen molar-refractivity contribution in [2.45, 2.75) is 26.1 Å². The van der Waals surface area contributed by atoms with E-state index in [0.29, 0.717) is 37.9 Å². The fourth-order valence-electron chi connectivity index (χ4n) is 3.88. The minimum absolute atomic E-state index is 0.176. The molecular weight excluding hydrogens is 461 g/mol. The normalized spacial score (nSPS) is 12.1. The number of para-hydroxylation sites is 1. The first-order valence-electron chi connectivity index (χ1n) is 11.7. The Balaban J connectivity index is 1.67. The topological polar surface area (TPSA) is 72.9 Å². The summed E-state index contributed by atoms with van der Waals surface area (Å²) in [6.45, 7) is 7.27. The molecule has 1 unspecified atom stereocenters. The average Bonchev–Trinajstić information content (AvgIpc) is 3.48. The van der Waals surface area contributed by atoms with Crippen molar-refractivity contribution in [1.29, 1.82) is 0 Å². The number of aryl methyl sites for hydroxylation is 1. The van der Waals surface area contributed by atoms with E-state index in [-0.39, 0.29) is 6.61 Å². The monoisotopic (exact) mass is 491 g/mol. The van der Waals surface area contributed by atoms with E-state index in [2.05, 4.69) is 6.58 Å². The molecule has 0 fully saturated rings. The number of furan rings is 1. The fourth-order valence-corrected chi connectivity index (χ4v) is 3.88. The molecular formula is C28H30FN3O4. The third-order valence-corrected chi connectivity index (χ3v) is 5.50. The Morgan fingerprint density at radius 2 is 1.97 bits per heavy atom. The van der Waals surface area contributed by atoms with Crippen LogP contribution in [0.1, 0.15) is 17.0 Å². The van der Waals surface area contributed by atoms with Crippen molar-refractivity contribution in [2.24, 2.45) is 0 Å². The summed E-state index contributed by atoms with van der Waals surface area (Å²) in [6, 6.07) is 19.3. The molecule has 0 aliphatic carbocycles. The van der Waals surface area contributed by atoms with Crippen LogP contribution in [-0.4, -0.2) is 45.6 Å². The van der Waals surface area contributed by atoms with Crippen LogP contribution < -0.4 is 4.74 Å². The molecule has 8 heteroatoms. The van der Waals surface area contributed by atoms with Gasteiger partial charge in [-0.25, -0.2) is 9.07 Å². The standard InChI is InChI=1S/C28H30FN3O4/c1-3-14-34-20-24(33)17-31(18-26-13-8-15-35-26)19-27-21(2)30-32(23-10-5-4-6-11-23)28(27)36-25-12-7-9-22(29)16-25/h3-13,15-16,24,33H,1,14,17-20H2,2H3. The van der Waals surface area contributed by atoms with E-state index < -0.39 is 11.9 Å². The van der Waals surface area contributed by atoms with Gasteiger partial charge in [-0.15, -0.1) is 6.58 Å². The van der Waals surface area contributed by atoms with Crippen LogP contribution in [0, 0.1) is 12.7 Å². The molecule has 4 aromatic rings. The molecule has 0 bridgehead atoms. The van der Waals surface area contributed by atoms with Gasteiger partial charge in [0.25, 0.3) is 0 Å². The van der Waals surface area contributed by atoms with Crippen molar-refractivity contribution in [2.75, 3.05) is 19.8 Å². The number of halogens is 1. The van der Waals surface area contributed by atoms with Gasteiger partial charge in [0.05, 0.1) is 49.1 Å². The van der Waals surface area contributed by atoms with Gasteiger partial charge in [-0.1, -0.05) is 30.3 Å². The van der Waals surface area contributed by atoms with E-state index in [1.807, 2.05) is 54.3 Å². The molecule has 2 aromatic carbocycles. The highest BCUT2D eigenvalue weighted by Gasteiger charge is 2.23. The van der Waals surface area contributed by atoms with Gasteiger partial charge in [-0.2, -0.15) is 5.10 Å². The fraction of sp³-hybridized carbons (Fsp3) is 0.250. The first kappa shape index (κ1) is 25.4. The summed E-state index contributed by atoms with van der Waals surface area (Å²) in [7, 11) is 0. The van der Waals surface area contributed by atoms with Crippen molar-refractivity contribution in [3.63, 3.8) is 0 Å². The molecule has 1 N–H and O–H groups in total. The molecule has 0 aliphatic heterocycles. The second-order valence-electron chi connectivity index (χ2n) is 8.40. The van der Waals surface area contributed by atoms with Gasteiger partial charge in [0.1, 0.15) is 17.3 Å². The van der Waals surface area contributed by atoms with Crippen LogP contribution in [0.5, 0.6) is 11.6 Å². The highest BCUT2D eigenvalue weighted by molar-refractivity contribution is 5.43. The Labute approximate surface area is 210 Å². The number of hydrogen-bond donors (Lipinski definition) is 1. The first-order valence-corrected chi connectivity index (χ1v) is 11.7. The third kappa shape index (κ3) is 6.69. The lowest BCUT2D eigenvalue weighted by atomic mass is 10.2. The first-order chi connectivity index (χ1) is 17.5.